The standard InChI is InChI=1S/C24H25N7O2/c1-17-13-18(3-4-21(17)32-2)16-26-28-22-15-24(30-9-11-33-12-10-30)31-23(27-22)14-20(29-31)19-5-7-25-8-6-19/h3-8,13-16H,9-12H2,1-2H3,(H,27,28). The van der Waals surface area contributed by atoms with E-state index in [0.29, 0.717) is 19.0 Å². The number of aryl methyl sites for hydroxylation is 1. The molecule has 5 rings (SSSR count). The van der Waals surface area contributed by atoms with Gasteiger partial charge in [0.2, 0.25) is 0 Å². The summed E-state index contributed by atoms with van der Waals surface area (Å²) in [5.74, 6) is 2.45. The van der Waals surface area contributed by atoms with Crippen molar-refractivity contribution in [1.29, 1.82) is 0 Å². The van der Waals surface area contributed by atoms with E-state index in [9.17, 15) is 0 Å². The number of pyridine rings is 1. The number of nitrogens with one attached hydrogen (secondary N) is 1. The number of morpholine rings is 1. The van der Waals surface area contributed by atoms with Crippen molar-refractivity contribution in [2.75, 3.05) is 43.7 Å². The van der Waals surface area contributed by atoms with Gasteiger partial charge in [0, 0.05) is 43.2 Å². The summed E-state index contributed by atoms with van der Waals surface area (Å²) in [5.41, 5.74) is 7.68. The summed E-state index contributed by atoms with van der Waals surface area (Å²) in [6, 6.07) is 13.7. The smallest absolute Gasteiger partial charge is 0.160 e. The van der Waals surface area contributed by atoms with E-state index < -0.39 is 0 Å². The van der Waals surface area contributed by atoms with Crippen LogP contribution in [0.3, 0.4) is 0 Å². The average Bonchev–Trinajstić information content (AvgIpc) is 3.29. The van der Waals surface area contributed by atoms with Gasteiger partial charge in [-0.3, -0.25) is 10.4 Å². The maximum atomic E-state index is 5.54. The van der Waals surface area contributed by atoms with Crippen LogP contribution in [0, 0.1) is 6.92 Å². The number of anilines is 2. The second-order valence-corrected chi connectivity index (χ2v) is 7.73. The van der Waals surface area contributed by atoms with Crippen LogP contribution in [0.15, 0.2) is 60.0 Å². The summed E-state index contributed by atoms with van der Waals surface area (Å²) < 4.78 is 12.7. The predicted octanol–water partition coefficient (Wildman–Crippen LogP) is 3.39. The van der Waals surface area contributed by atoms with Gasteiger partial charge in [-0.05, 0) is 48.4 Å². The Labute approximate surface area is 191 Å². The number of hydrogen-bond acceptors (Lipinski definition) is 8. The Morgan fingerprint density at radius 1 is 1.09 bits per heavy atom. The number of hydrazone groups is 1. The molecule has 1 aliphatic heterocycles. The van der Waals surface area contributed by atoms with E-state index in [1.165, 1.54) is 0 Å². The zero-order valence-electron chi connectivity index (χ0n) is 18.6. The number of aromatic nitrogens is 4. The molecule has 0 aliphatic carbocycles. The molecule has 0 atom stereocenters. The molecule has 4 aromatic rings. The largest absolute Gasteiger partial charge is 0.496 e. The van der Waals surface area contributed by atoms with Gasteiger partial charge in [0.25, 0.3) is 0 Å². The summed E-state index contributed by atoms with van der Waals surface area (Å²) >= 11 is 0. The van der Waals surface area contributed by atoms with Gasteiger partial charge >= 0.3 is 0 Å². The van der Waals surface area contributed by atoms with E-state index in [1.807, 2.05) is 53.9 Å². The number of ether oxygens (including phenoxy) is 2. The Morgan fingerprint density at radius 2 is 1.91 bits per heavy atom. The second-order valence-electron chi connectivity index (χ2n) is 7.73. The molecule has 1 saturated heterocycles. The molecule has 0 radical (unpaired) electrons. The molecule has 0 bridgehead atoms. The third kappa shape index (κ3) is 4.49. The Hall–Kier alpha value is -3.98. The lowest BCUT2D eigenvalue weighted by Gasteiger charge is -2.29. The Morgan fingerprint density at radius 3 is 2.67 bits per heavy atom. The topological polar surface area (TPSA) is 89.2 Å². The lowest BCUT2D eigenvalue weighted by atomic mass is 10.1. The normalized spacial score (nSPS) is 14.2. The molecule has 3 aromatic heterocycles. The number of benzene rings is 1. The van der Waals surface area contributed by atoms with Crippen molar-refractivity contribution in [3.05, 3.63) is 66.0 Å². The van der Waals surface area contributed by atoms with E-state index in [4.69, 9.17) is 19.6 Å². The van der Waals surface area contributed by atoms with Crippen LogP contribution < -0.4 is 15.1 Å². The second kappa shape index (κ2) is 9.25. The van der Waals surface area contributed by atoms with Crippen molar-refractivity contribution >= 4 is 23.5 Å². The zero-order chi connectivity index (χ0) is 22.6. The van der Waals surface area contributed by atoms with E-state index in [-0.39, 0.29) is 0 Å². The van der Waals surface area contributed by atoms with E-state index in [2.05, 4.69) is 20.4 Å². The van der Waals surface area contributed by atoms with Crippen LogP contribution in [-0.4, -0.2) is 59.2 Å². The fourth-order valence-electron chi connectivity index (χ4n) is 3.85. The molecular formula is C24H25N7O2. The minimum atomic E-state index is 0.645. The fourth-order valence-corrected chi connectivity index (χ4v) is 3.85. The summed E-state index contributed by atoms with van der Waals surface area (Å²) in [5, 5.41) is 9.23. The number of hydrogen-bond donors (Lipinski definition) is 1. The molecule has 0 amide bonds. The molecule has 9 heteroatoms. The van der Waals surface area contributed by atoms with Gasteiger partial charge in [-0.15, -0.1) is 0 Å². The van der Waals surface area contributed by atoms with Gasteiger partial charge in [-0.2, -0.15) is 14.7 Å². The van der Waals surface area contributed by atoms with Gasteiger partial charge in [-0.1, -0.05) is 0 Å². The van der Waals surface area contributed by atoms with Crippen molar-refractivity contribution in [2.24, 2.45) is 5.10 Å². The number of methoxy groups -OCH3 is 1. The third-order valence-corrected chi connectivity index (χ3v) is 5.53. The molecule has 33 heavy (non-hydrogen) atoms. The molecule has 0 spiro atoms. The molecule has 4 heterocycles. The number of fused-ring (bicyclic) bond motifs is 1. The third-order valence-electron chi connectivity index (χ3n) is 5.53. The molecule has 1 N–H and O–H groups in total. The molecule has 168 valence electrons. The highest BCUT2D eigenvalue weighted by molar-refractivity contribution is 5.81. The Balaban J connectivity index is 1.47. The monoisotopic (exact) mass is 443 g/mol. The molecule has 0 unspecified atom stereocenters. The predicted molar refractivity (Wildman–Crippen MR) is 128 cm³/mol. The summed E-state index contributed by atoms with van der Waals surface area (Å²) in [6.45, 7) is 4.95. The molecule has 1 fully saturated rings. The lowest BCUT2D eigenvalue weighted by molar-refractivity contribution is 0.122. The Bertz CT molecular complexity index is 1280. The van der Waals surface area contributed by atoms with E-state index in [1.54, 1.807) is 25.7 Å². The lowest BCUT2D eigenvalue weighted by Crippen LogP contribution is -2.37. The average molecular weight is 444 g/mol. The van der Waals surface area contributed by atoms with Gasteiger partial charge in [0.05, 0.1) is 32.2 Å². The van der Waals surface area contributed by atoms with Crippen molar-refractivity contribution in [1.82, 2.24) is 19.6 Å². The maximum Gasteiger partial charge on any atom is 0.160 e. The van der Waals surface area contributed by atoms with E-state index >= 15 is 0 Å². The minimum absolute atomic E-state index is 0.645. The summed E-state index contributed by atoms with van der Waals surface area (Å²) in [7, 11) is 1.67. The van der Waals surface area contributed by atoms with Crippen molar-refractivity contribution < 1.29 is 9.47 Å². The number of nitrogens with zero attached hydrogens (tertiary/aromatic N) is 6. The van der Waals surface area contributed by atoms with Crippen LogP contribution in [-0.2, 0) is 4.74 Å². The first-order valence-electron chi connectivity index (χ1n) is 10.8. The summed E-state index contributed by atoms with van der Waals surface area (Å²) in [4.78, 5) is 11.1. The van der Waals surface area contributed by atoms with Crippen LogP contribution in [0.5, 0.6) is 5.75 Å². The van der Waals surface area contributed by atoms with Crippen molar-refractivity contribution in [2.45, 2.75) is 6.92 Å². The van der Waals surface area contributed by atoms with E-state index in [0.717, 1.165) is 52.7 Å². The molecule has 1 aromatic carbocycles. The molecule has 0 saturated carbocycles. The first kappa shape index (κ1) is 20.9. The minimum Gasteiger partial charge on any atom is -0.496 e. The van der Waals surface area contributed by atoms with Gasteiger partial charge in [0.1, 0.15) is 11.6 Å². The molecule has 1 aliphatic rings. The van der Waals surface area contributed by atoms with Crippen LogP contribution in [0.4, 0.5) is 11.6 Å². The highest BCUT2D eigenvalue weighted by atomic mass is 16.5. The van der Waals surface area contributed by atoms with Crippen LogP contribution in [0.1, 0.15) is 11.1 Å². The SMILES string of the molecule is COc1ccc(C=NNc2cc(N3CCOCC3)n3nc(-c4ccncc4)cc3n2)cc1C. The fraction of sp³-hybridized carbons (Fsp3) is 0.250. The highest BCUT2D eigenvalue weighted by Crippen LogP contribution is 2.25. The quantitative estimate of drug-likeness (QED) is 0.361. The first-order chi connectivity index (χ1) is 16.2. The van der Waals surface area contributed by atoms with Gasteiger partial charge in [-0.25, -0.2) is 4.98 Å². The first-order valence-corrected chi connectivity index (χ1v) is 10.8. The van der Waals surface area contributed by atoms with Crippen LogP contribution >= 0.6 is 0 Å². The highest BCUT2D eigenvalue weighted by Gasteiger charge is 2.18. The van der Waals surface area contributed by atoms with Crippen LogP contribution in [0.25, 0.3) is 16.9 Å². The van der Waals surface area contributed by atoms with Crippen LogP contribution in [0.2, 0.25) is 0 Å². The van der Waals surface area contributed by atoms with Gasteiger partial charge in [0.15, 0.2) is 11.5 Å². The van der Waals surface area contributed by atoms with Crippen molar-refractivity contribution in [3.63, 3.8) is 0 Å². The van der Waals surface area contributed by atoms with Crippen molar-refractivity contribution in [3.8, 4) is 17.0 Å². The number of rotatable bonds is 6. The summed E-state index contributed by atoms with van der Waals surface area (Å²) in [6.07, 6.45) is 5.29. The molecule has 9 nitrogen and oxygen atoms in total. The molecular weight excluding hydrogens is 418 g/mol. The zero-order valence-corrected chi connectivity index (χ0v) is 18.6. The Kier molecular flexibility index (Phi) is 5.86. The maximum absolute atomic E-state index is 5.54. The van der Waals surface area contributed by atoms with Gasteiger partial charge < -0.3 is 14.4 Å².